The largest absolute Gasteiger partial charge is 0.381 e. The summed E-state index contributed by atoms with van der Waals surface area (Å²) >= 11 is 5.93. The van der Waals surface area contributed by atoms with Crippen LogP contribution in [0.2, 0.25) is 5.02 Å². The molecule has 1 amide bonds. The molecule has 0 saturated carbocycles. The van der Waals surface area contributed by atoms with Crippen molar-refractivity contribution < 1.29 is 4.79 Å². The summed E-state index contributed by atoms with van der Waals surface area (Å²) in [4.78, 5) is 21.8. The fraction of sp³-hybridized carbons (Fsp3) is 0.455. The van der Waals surface area contributed by atoms with Crippen molar-refractivity contribution in [1.29, 1.82) is 0 Å². The van der Waals surface area contributed by atoms with Crippen LogP contribution in [0.25, 0.3) is 0 Å². The third-order valence-electron chi connectivity index (χ3n) is 5.76. The van der Waals surface area contributed by atoms with Crippen LogP contribution in [0, 0.1) is 5.92 Å². The molecule has 2 saturated heterocycles. The van der Waals surface area contributed by atoms with E-state index in [1.54, 1.807) is 6.20 Å². The molecular weight excluding hydrogens is 372 g/mol. The number of pyridine rings is 1. The van der Waals surface area contributed by atoms with Crippen molar-refractivity contribution in [2.45, 2.75) is 31.7 Å². The number of para-hydroxylation sites is 1. The number of carbonyl (C=O) groups is 1. The van der Waals surface area contributed by atoms with Crippen molar-refractivity contribution in [1.82, 2.24) is 9.88 Å². The highest BCUT2D eigenvalue weighted by molar-refractivity contribution is 6.30. The number of hydrogen-bond acceptors (Lipinski definition) is 4. The molecule has 0 radical (unpaired) electrons. The van der Waals surface area contributed by atoms with Gasteiger partial charge in [0.15, 0.2) is 0 Å². The van der Waals surface area contributed by atoms with Crippen LogP contribution in [0.5, 0.6) is 0 Å². The molecule has 1 N–H and O–H groups in total. The number of nitrogens with zero attached hydrogens (tertiary/aromatic N) is 3. The zero-order valence-corrected chi connectivity index (χ0v) is 16.8. The lowest BCUT2D eigenvalue weighted by atomic mass is 9.93. The van der Waals surface area contributed by atoms with Crippen molar-refractivity contribution in [2.24, 2.45) is 5.92 Å². The number of aromatic nitrogens is 1. The second kappa shape index (κ2) is 8.82. The van der Waals surface area contributed by atoms with E-state index in [0.717, 1.165) is 63.4 Å². The van der Waals surface area contributed by atoms with Crippen LogP contribution in [0.3, 0.4) is 0 Å². The van der Waals surface area contributed by atoms with Crippen molar-refractivity contribution in [3.8, 4) is 0 Å². The van der Waals surface area contributed by atoms with Crippen LogP contribution in [0.1, 0.15) is 25.7 Å². The van der Waals surface area contributed by atoms with Gasteiger partial charge in [0.05, 0.1) is 5.02 Å². The van der Waals surface area contributed by atoms with Crippen LogP contribution in [-0.2, 0) is 4.79 Å². The molecule has 2 fully saturated rings. The lowest BCUT2D eigenvalue weighted by Crippen LogP contribution is -2.49. The Hall–Kier alpha value is -2.27. The minimum absolute atomic E-state index is 0.124. The standard InChI is InChI=1S/C22H27ClN4O/c23-18-8-9-21(24-15-18)26-13-10-17(11-14-26)22(28)27-12-4-7-20(16-27)25-19-5-2-1-3-6-19/h1-3,5-6,8-9,15,17,20,25H,4,7,10-14,16H2. The Morgan fingerprint density at radius 2 is 1.82 bits per heavy atom. The van der Waals surface area contributed by atoms with E-state index >= 15 is 0 Å². The number of piperidine rings is 2. The second-order valence-electron chi connectivity index (χ2n) is 7.73. The first kappa shape index (κ1) is 19.1. The van der Waals surface area contributed by atoms with Crippen LogP contribution in [-0.4, -0.2) is 48.0 Å². The summed E-state index contributed by atoms with van der Waals surface area (Å²) in [6.45, 7) is 3.41. The van der Waals surface area contributed by atoms with Crippen LogP contribution in [0.4, 0.5) is 11.5 Å². The van der Waals surface area contributed by atoms with E-state index in [1.165, 1.54) is 0 Å². The molecule has 0 spiro atoms. The van der Waals surface area contributed by atoms with Crippen molar-refractivity contribution in [3.63, 3.8) is 0 Å². The van der Waals surface area contributed by atoms with Crippen LogP contribution in [0.15, 0.2) is 48.7 Å². The highest BCUT2D eigenvalue weighted by Crippen LogP contribution is 2.26. The molecule has 1 atom stereocenters. The van der Waals surface area contributed by atoms with Gasteiger partial charge in [-0.2, -0.15) is 0 Å². The smallest absolute Gasteiger partial charge is 0.225 e. The lowest BCUT2D eigenvalue weighted by Gasteiger charge is -2.38. The van der Waals surface area contributed by atoms with Gasteiger partial charge in [0.2, 0.25) is 5.91 Å². The maximum absolute atomic E-state index is 13.1. The molecule has 28 heavy (non-hydrogen) atoms. The number of nitrogens with one attached hydrogen (secondary N) is 1. The molecule has 148 valence electrons. The number of anilines is 2. The van der Waals surface area contributed by atoms with Gasteiger partial charge in [-0.25, -0.2) is 4.98 Å². The first-order valence-corrected chi connectivity index (χ1v) is 10.5. The third-order valence-corrected chi connectivity index (χ3v) is 5.98. The Balaban J connectivity index is 1.30. The minimum Gasteiger partial charge on any atom is -0.381 e. The monoisotopic (exact) mass is 398 g/mol. The maximum Gasteiger partial charge on any atom is 0.225 e. The van der Waals surface area contributed by atoms with Gasteiger partial charge in [0, 0.05) is 50.0 Å². The molecule has 2 aliphatic rings. The molecule has 0 bridgehead atoms. The van der Waals surface area contributed by atoms with Crippen LogP contribution < -0.4 is 10.2 Å². The summed E-state index contributed by atoms with van der Waals surface area (Å²) < 4.78 is 0. The molecule has 5 nitrogen and oxygen atoms in total. The Morgan fingerprint density at radius 3 is 2.54 bits per heavy atom. The molecule has 2 aromatic rings. The Bertz CT molecular complexity index is 775. The van der Waals surface area contributed by atoms with Crippen molar-refractivity contribution >= 4 is 29.0 Å². The van der Waals surface area contributed by atoms with Gasteiger partial charge < -0.3 is 15.1 Å². The lowest BCUT2D eigenvalue weighted by molar-refractivity contribution is -0.137. The molecule has 1 aromatic heterocycles. The van der Waals surface area contributed by atoms with E-state index in [2.05, 4.69) is 32.2 Å². The second-order valence-corrected chi connectivity index (χ2v) is 8.17. The van der Waals surface area contributed by atoms with E-state index in [1.807, 2.05) is 30.3 Å². The molecule has 3 heterocycles. The molecular formula is C22H27ClN4O. The van der Waals surface area contributed by atoms with Gasteiger partial charge in [-0.15, -0.1) is 0 Å². The summed E-state index contributed by atoms with van der Waals surface area (Å²) in [5.74, 6) is 1.39. The van der Waals surface area contributed by atoms with Gasteiger partial charge >= 0.3 is 0 Å². The Morgan fingerprint density at radius 1 is 1.04 bits per heavy atom. The molecule has 2 aliphatic heterocycles. The highest BCUT2D eigenvalue weighted by Gasteiger charge is 2.31. The Labute approximate surface area is 171 Å². The fourth-order valence-electron chi connectivity index (χ4n) is 4.23. The highest BCUT2D eigenvalue weighted by atomic mass is 35.5. The molecule has 6 heteroatoms. The average Bonchev–Trinajstić information content (AvgIpc) is 2.75. The normalized spacial score (nSPS) is 20.8. The SMILES string of the molecule is O=C(C1CCN(c2ccc(Cl)cn2)CC1)N1CCCC(Nc2ccccc2)C1. The van der Waals surface area contributed by atoms with Gasteiger partial charge in [-0.1, -0.05) is 29.8 Å². The van der Waals surface area contributed by atoms with Crippen molar-refractivity contribution in [2.75, 3.05) is 36.4 Å². The van der Waals surface area contributed by atoms with E-state index in [0.29, 0.717) is 17.0 Å². The number of hydrogen-bond donors (Lipinski definition) is 1. The summed E-state index contributed by atoms with van der Waals surface area (Å²) in [6.07, 6.45) is 5.62. The zero-order chi connectivity index (χ0) is 19.3. The number of halogens is 1. The predicted molar refractivity (Wildman–Crippen MR) is 114 cm³/mol. The number of benzene rings is 1. The van der Waals surface area contributed by atoms with Gasteiger partial charge in [-0.3, -0.25) is 4.79 Å². The van der Waals surface area contributed by atoms with Crippen LogP contribution >= 0.6 is 11.6 Å². The van der Waals surface area contributed by atoms with E-state index < -0.39 is 0 Å². The number of likely N-dealkylation sites (tertiary alicyclic amines) is 1. The molecule has 1 aromatic carbocycles. The van der Waals surface area contributed by atoms with Gasteiger partial charge in [0.25, 0.3) is 0 Å². The third kappa shape index (κ3) is 4.58. The van der Waals surface area contributed by atoms with E-state index in [9.17, 15) is 4.79 Å². The van der Waals surface area contributed by atoms with Crippen molar-refractivity contribution in [3.05, 3.63) is 53.7 Å². The predicted octanol–water partition coefficient (Wildman–Crippen LogP) is 4.05. The topological polar surface area (TPSA) is 48.5 Å². The first-order chi connectivity index (χ1) is 13.7. The van der Waals surface area contributed by atoms with Gasteiger partial charge in [-0.05, 0) is 49.9 Å². The first-order valence-electron chi connectivity index (χ1n) is 10.2. The van der Waals surface area contributed by atoms with E-state index in [4.69, 9.17) is 11.6 Å². The summed E-state index contributed by atoms with van der Waals surface area (Å²) in [6, 6.07) is 14.4. The minimum atomic E-state index is 0.124. The number of amides is 1. The molecule has 1 unspecified atom stereocenters. The fourth-order valence-corrected chi connectivity index (χ4v) is 4.35. The molecule has 4 rings (SSSR count). The van der Waals surface area contributed by atoms with Gasteiger partial charge in [0.1, 0.15) is 5.82 Å². The zero-order valence-electron chi connectivity index (χ0n) is 16.1. The quantitative estimate of drug-likeness (QED) is 0.843. The van der Waals surface area contributed by atoms with E-state index in [-0.39, 0.29) is 5.92 Å². The number of rotatable bonds is 4. The number of carbonyl (C=O) groups excluding carboxylic acids is 1. The summed E-state index contributed by atoms with van der Waals surface area (Å²) in [5.41, 5.74) is 1.13. The summed E-state index contributed by atoms with van der Waals surface area (Å²) in [7, 11) is 0. The molecule has 0 aliphatic carbocycles. The summed E-state index contributed by atoms with van der Waals surface area (Å²) in [5, 5.41) is 4.23. The average molecular weight is 399 g/mol. The Kier molecular flexibility index (Phi) is 6.01. The maximum atomic E-state index is 13.1.